The van der Waals surface area contributed by atoms with Crippen LogP contribution in [0.15, 0.2) is 54.6 Å². The van der Waals surface area contributed by atoms with Crippen molar-refractivity contribution in [1.29, 1.82) is 0 Å². The molecule has 0 aliphatic carbocycles. The van der Waals surface area contributed by atoms with Crippen LogP contribution in [0.2, 0.25) is 0 Å². The van der Waals surface area contributed by atoms with Gasteiger partial charge in [-0.2, -0.15) is 0 Å². The third-order valence-electron chi connectivity index (χ3n) is 3.33. The fraction of sp³-hybridized carbons (Fsp3) is 0.235. The number of aromatic hydroxyl groups is 1. The van der Waals surface area contributed by atoms with Crippen molar-refractivity contribution in [1.82, 2.24) is 5.32 Å². The van der Waals surface area contributed by atoms with Crippen LogP contribution >= 0.6 is 15.9 Å². The van der Waals surface area contributed by atoms with Crippen molar-refractivity contribution in [3.63, 3.8) is 0 Å². The van der Waals surface area contributed by atoms with Crippen molar-refractivity contribution < 1.29 is 19.7 Å². The molecule has 6 heteroatoms. The molecule has 122 valence electrons. The van der Waals surface area contributed by atoms with Gasteiger partial charge in [0.15, 0.2) is 0 Å². The maximum absolute atomic E-state index is 12.2. The van der Waals surface area contributed by atoms with Crippen LogP contribution in [0.4, 0.5) is 0 Å². The number of rotatable bonds is 7. The summed E-state index contributed by atoms with van der Waals surface area (Å²) in [6.07, 6.45) is 0.640. The Balaban J connectivity index is 2.02. The highest BCUT2D eigenvalue weighted by Gasteiger charge is 2.30. The normalized spacial score (nSPS) is 13.3. The van der Waals surface area contributed by atoms with E-state index in [1.807, 2.05) is 6.07 Å². The number of phenols is 1. The molecule has 0 aliphatic rings. The lowest BCUT2D eigenvalue weighted by molar-refractivity contribution is -0.207. The molecule has 0 heterocycles. The third kappa shape index (κ3) is 5.35. The summed E-state index contributed by atoms with van der Waals surface area (Å²) >= 11 is 3.10. The zero-order chi connectivity index (χ0) is 16.7. The standard InChI is InChI=1S/C17H18BrNO4/c18-12-23-17(22,11-10-13-6-8-15(20)9-7-13)19-16(21)14-4-2-1-3-5-14/h1-9,20,22H,10-12H2,(H,19,21). The van der Waals surface area contributed by atoms with Crippen LogP contribution in [0.3, 0.4) is 0 Å². The molecule has 0 bridgehead atoms. The number of carbonyl (C=O) groups is 1. The number of carbonyl (C=O) groups excluding carboxylic acids is 1. The van der Waals surface area contributed by atoms with E-state index in [1.54, 1.807) is 48.5 Å². The number of phenolic OH excluding ortho intramolecular Hbond substituents is 1. The van der Waals surface area contributed by atoms with Crippen molar-refractivity contribution in [3.05, 3.63) is 65.7 Å². The van der Waals surface area contributed by atoms with Gasteiger partial charge in [-0.1, -0.05) is 46.3 Å². The minimum Gasteiger partial charge on any atom is -0.508 e. The van der Waals surface area contributed by atoms with Crippen LogP contribution in [-0.4, -0.2) is 27.5 Å². The topological polar surface area (TPSA) is 78.8 Å². The molecule has 0 spiro atoms. The molecule has 1 unspecified atom stereocenters. The van der Waals surface area contributed by atoms with E-state index < -0.39 is 11.8 Å². The number of hydrogen-bond acceptors (Lipinski definition) is 4. The second-order valence-electron chi connectivity index (χ2n) is 5.02. The Morgan fingerprint density at radius 3 is 2.39 bits per heavy atom. The van der Waals surface area contributed by atoms with E-state index in [9.17, 15) is 15.0 Å². The summed E-state index contributed by atoms with van der Waals surface area (Å²) in [6.45, 7) is 0. The molecule has 0 saturated heterocycles. The van der Waals surface area contributed by atoms with Crippen molar-refractivity contribution >= 4 is 21.8 Å². The highest BCUT2D eigenvalue weighted by molar-refractivity contribution is 9.09. The van der Waals surface area contributed by atoms with Gasteiger partial charge in [-0.25, -0.2) is 0 Å². The molecule has 2 aromatic carbocycles. The first-order valence-electron chi connectivity index (χ1n) is 7.10. The lowest BCUT2D eigenvalue weighted by Crippen LogP contribution is -2.50. The molecule has 1 atom stereocenters. The maximum atomic E-state index is 12.2. The second-order valence-corrected chi connectivity index (χ2v) is 5.48. The molecule has 0 radical (unpaired) electrons. The minimum atomic E-state index is -1.78. The van der Waals surface area contributed by atoms with Gasteiger partial charge in [-0.05, 0) is 36.2 Å². The van der Waals surface area contributed by atoms with E-state index in [-0.39, 0.29) is 17.7 Å². The number of benzene rings is 2. The highest BCUT2D eigenvalue weighted by Crippen LogP contribution is 2.17. The number of halogens is 1. The molecule has 2 aromatic rings. The third-order valence-corrected chi connectivity index (χ3v) is 3.56. The van der Waals surface area contributed by atoms with Gasteiger partial charge >= 0.3 is 0 Å². The van der Waals surface area contributed by atoms with E-state index in [1.165, 1.54) is 0 Å². The molecular formula is C17H18BrNO4. The van der Waals surface area contributed by atoms with Crippen molar-refractivity contribution in [2.24, 2.45) is 0 Å². The number of alkyl halides is 1. The second kappa shape index (κ2) is 8.10. The van der Waals surface area contributed by atoms with Gasteiger partial charge < -0.3 is 20.3 Å². The first kappa shape index (κ1) is 17.5. The predicted molar refractivity (Wildman–Crippen MR) is 90.2 cm³/mol. The Morgan fingerprint density at radius 1 is 1.13 bits per heavy atom. The highest BCUT2D eigenvalue weighted by atomic mass is 79.9. The molecule has 0 fully saturated rings. The first-order chi connectivity index (χ1) is 11.0. The van der Waals surface area contributed by atoms with Crippen LogP contribution in [0.1, 0.15) is 22.3 Å². The van der Waals surface area contributed by atoms with Crippen molar-refractivity contribution in [2.45, 2.75) is 18.8 Å². The van der Waals surface area contributed by atoms with Crippen molar-refractivity contribution in [2.75, 3.05) is 5.52 Å². The van der Waals surface area contributed by atoms with Gasteiger partial charge in [-0.15, -0.1) is 0 Å². The number of aryl methyl sites for hydroxylation is 1. The fourth-order valence-electron chi connectivity index (χ4n) is 2.08. The largest absolute Gasteiger partial charge is 0.508 e. The van der Waals surface area contributed by atoms with Crippen LogP contribution < -0.4 is 5.32 Å². The first-order valence-corrected chi connectivity index (χ1v) is 8.22. The number of nitrogens with one attached hydrogen (secondary N) is 1. The summed E-state index contributed by atoms with van der Waals surface area (Å²) < 4.78 is 5.26. The Kier molecular flexibility index (Phi) is 6.15. The van der Waals surface area contributed by atoms with Gasteiger partial charge in [0.05, 0.1) is 0 Å². The summed E-state index contributed by atoms with van der Waals surface area (Å²) in [5.74, 6) is -2.02. The molecule has 0 aromatic heterocycles. The number of amides is 1. The van der Waals surface area contributed by atoms with Gasteiger partial charge in [-0.3, -0.25) is 4.79 Å². The zero-order valence-corrected chi connectivity index (χ0v) is 14.0. The SMILES string of the molecule is O=C(NC(O)(CCc1ccc(O)cc1)OCBr)c1ccccc1. The molecule has 23 heavy (non-hydrogen) atoms. The average Bonchev–Trinajstić information content (AvgIpc) is 2.55. The number of ether oxygens (including phenoxy) is 1. The fourth-order valence-corrected chi connectivity index (χ4v) is 2.46. The number of hydrogen-bond donors (Lipinski definition) is 3. The zero-order valence-electron chi connectivity index (χ0n) is 12.4. The summed E-state index contributed by atoms with van der Waals surface area (Å²) in [6, 6.07) is 15.3. The summed E-state index contributed by atoms with van der Waals surface area (Å²) in [5, 5.41) is 22.3. The summed E-state index contributed by atoms with van der Waals surface area (Å²) in [7, 11) is 0. The Bertz CT molecular complexity index is 633. The van der Waals surface area contributed by atoms with Gasteiger partial charge in [0.2, 0.25) is 5.91 Å². The van der Waals surface area contributed by atoms with E-state index in [0.717, 1.165) is 5.56 Å². The molecular weight excluding hydrogens is 362 g/mol. The molecule has 5 nitrogen and oxygen atoms in total. The van der Waals surface area contributed by atoms with Crippen LogP contribution in [0, 0.1) is 0 Å². The molecule has 0 saturated carbocycles. The Morgan fingerprint density at radius 2 is 1.78 bits per heavy atom. The Labute approximate surface area is 143 Å². The van der Waals surface area contributed by atoms with Crippen LogP contribution in [0.25, 0.3) is 0 Å². The van der Waals surface area contributed by atoms with Gasteiger partial charge in [0, 0.05) is 12.0 Å². The van der Waals surface area contributed by atoms with Gasteiger partial charge in [0.25, 0.3) is 5.91 Å². The predicted octanol–water partition coefficient (Wildman–Crippen LogP) is 2.77. The maximum Gasteiger partial charge on any atom is 0.255 e. The number of aliphatic hydroxyl groups is 1. The van der Waals surface area contributed by atoms with Gasteiger partial charge in [0.1, 0.15) is 11.3 Å². The molecule has 0 aliphatic heterocycles. The van der Waals surface area contributed by atoms with Crippen molar-refractivity contribution in [3.8, 4) is 5.75 Å². The lowest BCUT2D eigenvalue weighted by Gasteiger charge is -2.28. The molecule has 3 N–H and O–H groups in total. The molecule has 1 amide bonds. The Hall–Kier alpha value is -1.89. The van der Waals surface area contributed by atoms with E-state index in [2.05, 4.69) is 21.2 Å². The monoisotopic (exact) mass is 379 g/mol. The van der Waals surface area contributed by atoms with E-state index >= 15 is 0 Å². The summed E-state index contributed by atoms with van der Waals surface area (Å²) in [5.41, 5.74) is 1.43. The van der Waals surface area contributed by atoms with Crippen LogP contribution in [0.5, 0.6) is 5.75 Å². The van der Waals surface area contributed by atoms with Crippen LogP contribution in [-0.2, 0) is 11.2 Å². The minimum absolute atomic E-state index is 0.0775. The quantitative estimate of drug-likeness (QED) is 0.510. The molecule has 2 rings (SSSR count). The lowest BCUT2D eigenvalue weighted by atomic mass is 10.1. The average molecular weight is 380 g/mol. The summed E-state index contributed by atoms with van der Waals surface area (Å²) in [4.78, 5) is 12.2. The smallest absolute Gasteiger partial charge is 0.255 e. The van der Waals surface area contributed by atoms with E-state index in [4.69, 9.17) is 4.74 Å². The van der Waals surface area contributed by atoms with E-state index in [0.29, 0.717) is 12.0 Å².